The molecule has 1 unspecified atom stereocenters. The van der Waals surface area contributed by atoms with Gasteiger partial charge in [-0.2, -0.15) is 13.2 Å². The Morgan fingerprint density at radius 1 is 1.39 bits per heavy atom. The maximum absolute atomic E-state index is 13.4. The second-order valence-electron chi connectivity index (χ2n) is 7.01. The molecule has 1 aromatic carbocycles. The summed E-state index contributed by atoms with van der Waals surface area (Å²) in [6.45, 7) is 1.50. The van der Waals surface area contributed by atoms with Crippen LogP contribution in [0.5, 0.6) is 5.75 Å². The maximum Gasteiger partial charge on any atom is 0.416 e. The van der Waals surface area contributed by atoms with Crippen LogP contribution in [0.25, 0.3) is 11.1 Å². The van der Waals surface area contributed by atoms with Crippen LogP contribution in [0.3, 0.4) is 0 Å². The standard InChI is InChI=1S/C21H17BrF3N3O2S/c1-11(13-4-2-3-5-14(13)21(23,24)25)30-17-9-18(31-19(17)20(26)29)28-10-27-15-8-12(22)6-7-16(15)28/h2-7,9-12H,8H2,1H3,(H2,26,29)/t11-,12?/m1/s1. The van der Waals surface area contributed by atoms with E-state index in [-0.39, 0.29) is 21.0 Å². The van der Waals surface area contributed by atoms with E-state index < -0.39 is 23.8 Å². The Kier molecular flexibility index (Phi) is 5.69. The first-order valence-electron chi connectivity index (χ1n) is 9.30. The zero-order valence-electron chi connectivity index (χ0n) is 16.2. The average Bonchev–Trinajstić information content (AvgIpc) is 3.31. The highest BCUT2D eigenvalue weighted by Crippen LogP contribution is 2.39. The number of rotatable bonds is 5. The lowest BCUT2D eigenvalue weighted by atomic mass is 10.0. The molecule has 0 radical (unpaired) electrons. The first-order valence-corrected chi connectivity index (χ1v) is 11.0. The summed E-state index contributed by atoms with van der Waals surface area (Å²) in [5, 5.41) is 0.631. The number of halogens is 4. The SMILES string of the molecule is C[C@@H](Oc1cc(-n2cnc3c2C=CC(Br)C3)sc1C(N)=O)c1ccccc1C(F)(F)F. The topological polar surface area (TPSA) is 70.1 Å². The van der Waals surface area contributed by atoms with Crippen molar-refractivity contribution in [2.45, 2.75) is 30.5 Å². The predicted octanol–water partition coefficient (Wildman–Crippen LogP) is 5.52. The van der Waals surface area contributed by atoms with Gasteiger partial charge < -0.3 is 10.5 Å². The van der Waals surface area contributed by atoms with E-state index >= 15 is 0 Å². The van der Waals surface area contributed by atoms with E-state index in [0.717, 1.165) is 35.2 Å². The molecule has 0 spiro atoms. The van der Waals surface area contributed by atoms with E-state index in [0.29, 0.717) is 5.00 Å². The zero-order chi connectivity index (χ0) is 22.3. The lowest BCUT2D eigenvalue weighted by Crippen LogP contribution is -2.15. The monoisotopic (exact) mass is 511 g/mol. The van der Waals surface area contributed by atoms with Crippen LogP contribution in [-0.2, 0) is 12.6 Å². The average molecular weight is 512 g/mol. The van der Waals surface area contributed by atoms with Gasteiger partial charge in [0.25, 0.3) is 5.91 Å². The lowest BCUT2D eigenvalue weighted by Gasteiger charge is -2.19. The maximum atomic E-state index is 13.4. The van der Waals surface area contributed by atoms with Gasteiger partial charge in [-0.25, -0.2) is 4.98 Å². The van der Waals surface area contributed by atoms with Gasteiger partial charge in [-0.3, -0.25) is 9.36 Å². The Labute approximate surface area is 188 Å². The molecule has 3 aromatic rings. The third kappa shape index (κ3) is 4.27. The Bertz CT molecular complexity index is 1170. The van der Waals surface area contributed by atoms with Crippen molar-refractivity contribution in [2.75, 3.05) is 0 Å². The van der Waals surface area contributed by atoms with Crippen molar-refractivity contribution in [3.05, 3.63) is 70.1 Å². The molecule has 1 amide bonds. The van der Waals surface area contributed by atoms with Crippen LogP contribution in [-0.4, -0.2) is 20.3 Å². The summed E-state index contributed by atoms with van der Waals surface area (Å²) in [6.07, 6.45) is 0.818. The number of alkyl halides is 4. The molecule has 2 heterocycles. The van der Waals surface area contributed by atoms with Gasteiger partial charge in [0.15, 0.2) is 0 Å². The molecule has 0 fully saturated rings. The largest absolute Gasteiger partial charge is 0.484 e. The van der Waals surface area contributed by atoms with Gasteiger partial charge >= 0.3 is 6.18 Å². The Morgan fingerprint density at radius 2 is 2.13 bits per heavy atom. The fraction of sp³-hybridized carbons (Fsp3) is 0.238. The third-order valence-electron chi connectivity index (χ3n) is 4.89. The summed E-state index contributed by atoms with van der Waals surface area (Å²) in [6, 6.07) is 6.81. The number of allylic oxidation sites excluding steroid dienone is 1. The number of nitrogens with two attached hydrogens (primary N) is 1. The van der Waals surface area contributed by atoms with Gasteiger partial charge in [-0.15, -0.1) is 11.3 Å². The Hall–Kier alpha value is -2.59. The number of amides is 1. The number of hydrogen-bond acceptors (Lipinski definition) is 4. The van der Waals surface area contributed by atoms with E-state index in [4.69, 9.17) is 10.5 Å². The van der Waals surface area contributed by atoms with Crippen LogP contribution >= 0.6 is 27.3 Å². The normalized spacial score (nSPS) is 16.7. The first kappa shape index (κ1) is 21.6. The summed E-state index contributed by atoms with van der Waals surface area (Å²) < 4.78 is 47.8. The molecular formula is C21H17BrF3N3O2S. The number of benzene rings is 1. The molecule has 2 N–H and O–H groups in total. The minimum absolute atomic E-state index is 0.0236. The van der Waals surface area contributed by atoms with Crippen LogP contribution in [0.4, 0.5) is 13.2 Å². The molecule has 162 valence electrons. The smallest absolute Gasteiger partial charge is 0.416 e. The molecule has 0 saturated carbocycles. The number of carbonyl (C=O) groups is 1. The second kappa shape index (κ2) is 8.16. The quantitative estimate of drug-likeness (QED) is 0.458. The van der Waals surface area contributed by atoms with E-state index in [2.05, 4.69) is 20.9 Å². The summed E-state index contributed by atoms with van der Waals surface area (Å²) >= 11 is 4.63. The van der Waals surface area contributed by atoms with Crippen molar-refractivity contribution < 1.29 is 22.7 Å². The van der Waals surface area contributed by atoms with Gasteiger partial charge in [0.2, 0.25) is 0 Å². The molecule has 31 heavy (non-hydrogen) atoms. The molecule has 0 aliphatic heterocycles. The van der Waals surface area contributed by atoms with Crippen LogP contribution in [0.1, 0.15) is 45.2 Å². The first-order chi connectivity index (χ1) is 14.6. The Balaban J connectivity index is 1.70. The molecule has 2 aromatic heterocycles. The fourth-order valence-corrected chi connectivity index (χ4v) is 4.84. The van der Waals surface area contributed by atoms with Crippen molar-refractivity contribution in [3.63, 3.8) is 0 Å². The highest BCUT2D eigenvalue weighted by molar-refractivity contribution is 9.09. The highest BCUT2D eigenvalue weighted by Gasteiger charge is 2.35. The number of carbonyl (C=O) groups excluding carboxylic acids is 1. The second-order valence-corrected chi connectivity index (χ2v) is 9.22. The molecule has 1 aliphatic carbocycles. The summed E-state index contributed by atoms with van der Waals surface area (Å²) in [5.41, 5.74) is 6.48. The predicted molar refractivity (Wildman–Crippen MR) is 116 cm³/mol. The molecule has 0 bridgehead atoms. The van der Waals surface area contributed by atoms with E-state index in [1.54, 1.807) is 12.4 Å². The van der Waals surface area contributed by atoms with Crippen molar-refractivity contribution >= 4 is 39.2 Å². The van der Waals surface area contributed by atoms with Gasteiger partial charge in [-0.05, 0) is 19.1 Å². The van der Waals surface area contributed by atoms with Crippen LogP contribution < -0.4 is 10.5 Å². The molecule has 5 nitrogen and oxygen atoms in total. The summed E-state index contributed by atoms with van der Waals surface area (Å²) in [7, 11) is 0. The number of hydrogen-bond donors (Lipinski definition) is 1. The van der Waals surface area contributed by atoms with Crippen LogP contribution in [0, 0.1) is 0 Å². The molecule has 2 atom stereocenters. The van der Waals surface area contributed by atoms with Crippen LogP contribution in [0.15, 0.2) is 42.7 Å². The molecule has 1 aliphatic rings. The lowest BCUT2D eigenvalue weighted by molar-refractivity contribution is -0.138. The number of thiophene rings is 1. The number of imidazole rings is 1. The number of nitrogens with zero attached hydrogens (tertiary/aromatic N) is 2. The third-order valence-corrected chi connectivity index (χ3v) is 6.65. The molecule has 4 rings (SSSR count). The Morgan fingerprint density at radius 3 is 2.84 bits per heavy atom. The van der Waals surface area contributed by atoms with Gasteiger partial charge in [-0.1, -0.05) is 40.2 Å². The van der Waals surface area contributed by atoms with Crippen molar-refractivity contribution in [2.24, 2.45) is 5.73 Å². The number of fused-ring (bicyclic) bond motifs is 1. The fourth-order valence-electron chi connectivity index (χ4n) is 3.46. The van der Waals surface area contributed by atoms with Crippen molar-refractivity contribution in [1.82, 2.24) is 9.55 Å². The van der Waals surface area contributed by atoms with Gasteiger partial charge in [0, 0.05) is 22.9 Å². The van der Waals surface area contributed by atoms with Crippen LogP contribution in [0.2, 0.25) is 0 Å². The van der Waals surface area contributed by atoms with Gasteiger partial charge in [0.05, 0.1) is 17.0 Å². The zero-order valence-corrected chi connectivity index (χ0v) is 18.6. The number of ether oxygens (including phenoxy) is 1. The van der Waals surface area contributed by atoms with E-state index in [9.17, 15) is 18.0 Å². The molecular weight excluding hydrogens is 495 g/mol. The molecule has 10 heteroatoms. The van der Waals surface area contributed by atoms with Gasteiger partial charge in [0.1, 0.15) is 28.1 Å². The summed E-state index contributed by atoms with van der Waals surface area (Å²) in [5.74, 6) is -0.579. The minimum atomic E-state index is -4.52. The summed E-state index contributed by atoms with van der Waals surface area (Å²) in [4.78, 5) is 16.8. The van der Waals surface area contributed by atoms with E-state index in [1.165, 1.54) is 25.1 Å². The number of primary amides is 1. The highest BCUT2D eigenvalue weighted by atomic mass is 79.9. The number of aromatic nitrogens is 2. The minimum Gasteiger partial charge on any atom is -0.484 e. The van der Waals surface area contributed by atoms with E-state index in [1.807, 2.05) is 16.7 Å². The van der Waals surface area contributed by atoms with Crippen molar-refractivity contribution in [3.8, 4) is 10.8 Å². The molecule has 0 saturated heterocycles. The van der Waals surface area contributed by atoms with Crippen molar-refractivity contribution in [1.29, 1.82) is 0 Å².